The number of rotatable bonds is 14. The summed E-state index contributed by atoms with van der Waals surface area (Å²) in [5, 5.41) is 0. The molecule has 0 spiro atoms. The lowest BCUT2D eigenvalue weighted by Gasteiger charge is -2.55. The number of carbonyl (C=O) groups excluding carboxylic acids is 3. The molecule has 4 aliphatic carbocycles. The van der Waals surface area contributed by atoms with Gasteiger partial charge < -0.3 is 19.1 Å². The molecule has 3 atom stereocenters. The van der Waals surface area contributed by atoms with Gasteiger partial charge in [-0.05, 0) is 130 Å². The number of nitrogens with zero attached hydrogens (tertiary/aromatic N) is 1. The Balaban J connectivity index is 1.67. The summed E-state index contributed by atoms with van der Waals surface area (Å²) < 4.78 is 17.7. The highest BCUT2D eigenvalue weighted by atomic mass is 16.6. The van der Waals surface area contributed by atoms with Crippen molar-refractivity contribution in [3.05, 3.63) is 0 Å². The van der Waals surface area contributed by atoms with Crippen molar-refractivity contribution >= 4 is 17.9 Å². The summed E-state index contributed by atoms with van der Waals surface area (Å²) in [4.78, 5) is 41.5. The smallest absolute Gasteiger partial charge is 0.311 e. The van der Waals surface area contributed by atoms with Gasteiger partial charge in [-0.1, -0.05) is 13.8 Å². The van der Waals surface area contributed by atoms with Crippen molar-refractivity contribution < 1.29 is 28.6 Å². The Morgan fingerprint density at radius 3 is 1.95 bits per heavy atom. The van der Waals surface area contributed by atoms with Gasteiger partial charge in [0, 0.05) is 6.54 Å². The molecule has 4 bridgehead atoms. The van der Waals surface area contributed by atoms with Crippen LogP contribution in [-0.2, 0) is 28.6 Å². The number of esters is 3. The zero-order chi connectivity index (χ0) is 29.0. The summed E-state index contributed by atoms with van der Waals surface area (Å²) in [7, 11) is 3.90. The van der Waals surface area contributed by atoms with Crippen LogP contribution in [0.25, 0.3) is 0 Å². The van der Waals surface area contributed by atoms with Crippen molar-refractivity contribution in [3.8, 4) is 0 Å². The maximum Gasteiger partial charge on any atom is 0.311 e. The predicted octanol–water partition coefficient (Wildman–Crippen LogP) is 6.17. The molecule has 224 valence electrons. The Bertz CT molecular complexity index is 826. The number of likely N-dealkylation sites (N-methyl/N-ethyl adjacent to an activating group) is 1. The Kier molecular flexibility index (Phi) is 10.6. The molecule has 0 saturated heterocycles. The highest BCUT2D eigenvalue weighted by Crippen LogP contribution is 2.57. The van der Waals surface area contributed by atoms with E-state index in [0.717, 1.165) is 19.3 Å². The normalized spacial score (nSPS) is 29.0. The monoisotopic (exact) mass is 549 g/mol. The molecule has 39 heavy (non-hydrogen) atoms. The van der Waals surface area contributed by atoms with Crippen LogP contribution in [0.2, 0.25) is 0 Å². The molecule has 7 heteroatoms. The minimum Gasteiger partial charge on any atom is -0.464 e. The van der Waals surface area contributed by atoms with Crippen LogP contribution in [0.5, 0.6) is 0 Å². The SMILES string of the molecule is CCC(C)(CCC(CCC(C)C(=O)OC(C)(C)C)C(=O)OC12CC3CC(CC(C3)C1)C2)C(=O)OCCN(C)C. The quantitative estimate of drug-likeness (QED) is 0.189. The maximum absolute atomic E-state index is 13.8. The van der Waals surface area contributed by atoms with Crippen molar-refractivity contribution in [1.29, 1.82) is 0 Å². The second-order valence-electron chi connectivity index (χ2n) is 14.6. The van der Waals surface area contributed by atoms with E-state index in [1.165, 1.54) is 19.3 Å². The predicted molar refractivity (Wildman–Crippen MR) is 152 cm³/mol. The van der Waals surface area contributed by atoms with Gasteiger partial charge in [-0.15, -0.1) is 0 Å². The van der Waals surface area contributed by atoms with Crippen molar-refractivity contribution in [1.82, 2.24) is 4.90 Å². The summed E-state index contributed by atoms with van der Waals surface area (Å²) in [5.74, 6) is 0.810. The fourth-order valence-electron chi connectivity index (χ4n) is 7.22. The van der Waals surface area contributed by atoms with Gasteiger partial charge in [-0.25, -0.2) is 0 Å². The van der Waals surface area contributed by atoms with E-state index in [-0.39, 0.29) is 35.3 Å². The van der Waals surface area contributed by atoms with Gasteiger partial charge in [0.2, 0.25) is 0 Å². The van der Waals surface area contributed by atoms with Gasteiger partial charge in [-0.3, -0.25) is 14.4 Å². The van der Waals surface area contributed by atoms with Gasteiger partial charge in [0.05, 0.1) is 17.3 Å². The average Bonchev–Trinajstić information content (AvgIpc) is 2.80. The summed E-state index contributed by atoms with van der Waals surface area (Å²) in [6, 6.07) is 0. The van der Waals surface area contributed by atoms with Crippen molar-refractivity contribution in [3.63, 3.8) is 0 Å². The third-order valence-corrected chi connectivity index (χ3v) is 9.48. The van der Waals surface area contributed by atoms with Crippen LogP contribution in [0.3, 0.4) is 0 Å². The number of hydrogen-bond donors (Lipinski definition) is 0. The lowest BCUT2D eigenvalue weighted by Crippen LogP contribution is -2.53. The number of carbonyl (C=O) groups is 3. The van der Waals surface area contributed by atoms with Gasteiger partial charge in [0.25, 0.3) is 0 Å². The lowest BCUT2D eigenvalue weighted by molar-refractivity contribution is -0.192. The number of hydrogen-bond acceptors (Lipinski definition) is 7. The van der Waals surface area contributed by atoms with Crippen LogP contribution < -0.4 is 0 Å². The van der Waals surface area contributed by atoms with E-state index in [9.17, 15) is 14.4 Å². The molecular formula is C32H55NO6. The highest BCUT2D eigenvalue weighted by Gasteiger charge is 2.53. The standard InChI is InChI=1S/C32H55NO6/c1-9-31(6,29(36)37-15-14-33(7)8)13-12-26(11-10-22(2)27(34)38-30(3,4)5)28(35)39-32-19-23-16-24(20-32)18-25(17-23)21-32/h22-26H,9-21H2,1-8H3. The average molecular weight is 550 g/mol. The second-order valence-corrected chi connectivity index (χ2v) is 14.6. The largest absolute Gasteiger partial charge is 0.464 e. The van der Waals surface area contributed by atoms with Crippen LogP contribution in [0, 0.1) is 35.0 Å². The van der Waals surface area contributed by atoms with E-state index < -0.39 is 11.0 Å². The van der Waals surface area contributed by atoms with Gasteiger partial charge in [0.15, 0.2) is 0 Å². The van der Waals surface area contributed by atoms with Crippen molar-refractivity contribution in [2.24, 2.45) is 35.0 Å². The van der Waals surface area contributed by atoms with Crippen LogP contribution in [-0.4, -0.2) is 61.3 Å². The van der Waals surface area contributed by atoms with Crippen molar-refractivity contribution in [2.75, 3.05) is 27.2 Å². The van der Waals surface area contributed by atoms with E-state index in [1.807, 2.05) is 60.5 Å². The molecule has 0 aromatic heterocycles. The summed E-state index contributed by atoms with van der Waals surface area (Å²) in [5.41, 5.74) is -1.51. The Labute approximate surface area is 237 Å². The molecule has 4 saturated carbocycles. The third kappa shape index (κ3) is 8.93. The van der Waals surface area contributed by atoms with E-state index in [0.29, 0.717) is 63.0 Å². The second kappa shape index (κ2) is 12.9. The van der Waals surface area contributed by atoms with Crippen LogP contribution in [0.15, 0.2) is 0 Å². The first-order valence-electron chi connectivity index (χ1n) is 15.4. The minimum atomic E-state index is -0.664. The van der Waals surface area contributed by atoms with Crippen molar-refractivity contribution in [2.45, 2.75) is 123 Å². The summed E-state index contributed by atoms with van der Waals surface area (Å²) in [6.45, 7) is 12.4. The number of ether oxygens (including phenoxy) is 3. The Morgan fingerprint density at radius 2 is 1.46 bits per heavy atom. The van der Waals surface area contributed by atoms with Crippen LogP contribution in [0.1, 0.15) is 112 Å². The minimum absolute atomic E-state index is 0.146. The highest BCUT2D eigenvalue weighted by molar-refractivity contribution is 5.77. The van der Waals surface area contributed by atoms with E-state index in [2.05, 4.69) is 0 Å². The molecular weight excluding hydrogens is 494 g/mol. The lowest BCUT2D eigenvalue weighted by atomic mass is 9.54. The molecule has 0 aromatic carbocycles. The van der Waals surface area contributed by atoms with Gasteiger partial charge in [-0.2, -0.15) is 0 Å². The fraction of sp³-hybridized carbons (Fsp3) is 0.906. The molecule has 7 nitrogen and oxygen atoms in total. The Hall–Kier alpha value is -1.63. The molecule has 0 radical (unpaired) electrons. The molecule has 0 aromatic rings. The zero-order valence-electron chi connectivity index (χ0n) is 26.0. The molecule has 4 fully saturated rings. The van der Waals surface area contributed by atoms with Crippen LogP contribution >= 0.6 is 0 Å². The first kappa shape index (κ1) is 31.9. The maximum atomic E-state index is 13.8. The van der Waals surface area contributed by atoms with E-state index >= 15 is 0 Å². The third-order valence-electron chi connectivity index (χ3n) is 9.48. The molecule has 0 amide bonds. The van der Waals surface area contributed by atoms with Gasteiger partial charge in [0.1, 0.15) is 17.8 Å². The van der Waals surface area contributed by atoms with E-state index in [4.69, 9.17) is 14.2 Å². The molecule has 4 aliphatic rings. The first-order valence-corrected chi connectivity index (χ1v) is 15.4. The topological polar surface area (TPSA) is 82.1 Å². The fourth-order valence-corrected chi connectivity index (χ4v) is 7.22. The zero-order valence-corrected chi connectivity index (χ0v) is 26.0. The first-order chi connectivity index (χ1) is 18.1. The molecule has 4 rings (SSSR count). The summed E-state index contributed by atoms with van der Waals surface area (Å²) in [6.07, 6.45) is 9.68. The molecule has 0 N–H and O–H groups in total. The van der Waals surface area contributed by atoms with Crippen LogP contribution in [0.4, 0.5) is 0 Å². The molecule has 3 unspecified atom stereocenters. The Morgan fingerprint density at radius 1 is 0.897 bits per heavy atom. The molecule has 0 heterocycles. The van der Waals surface area contributed by atoms with Gasteiger partial charge >= 0.3 is 17.9 Å². The molecule has 0 aliphatic heterocycles. The van der Waals surface area contributed by atoms with E-state index in [1.54, 1.807) is 0 Å². The summed E-state index contributed by atoms with van der Waals surface area (Å²) >= 11 is 0.